The van der Waals surface area contributed by atoms with Crippen LogP contribution < -0.4 is 5.32 Å². The standard InChI is InChI=1S/C16H23BrFNO/c1-20-9-8-19-12-16(6-2-3-7-16)11-13-4-5-15(18)14(17)10-13/h4-5,10,19H,2-3,6-9,11-12H2,1H3. The van der Waals surface area contributed by atoms with Gasteiger partial charge in [-0.25, -0.2) is 4.39 Å². The fraction of sp³-hybridized carbons (Fsp3) is 0.625. The fourth-order valence-electron chi connectivity index (χ4n) is 3.15. The van der Waals surface area contributed by atoms with Crippen LogP contribution in [0.2, 0.25) is 0 Å². The molecule has 112 valence electrons. The average Bonchev–Trinajstić information content (AvgIpc) is 2.88. The number of hydrogen-bond donors (Lipinski definition) is 1. The number of rotatable bonds is 7. The molecule has 0 unspecified atom stereocenters. The predicted molar refractivity (Wildman–Crippen MR) is 83.5 cm³/mol. The van der Waals surface area contributed by atoms with Crippen LogP contribution in [0.1, 0.15) is 31.2 Å². The Labute approximate surface area is 129 Å². The van der Waals surface area contributed by atoms with Crippen molar-refractivity contribution >= 4 is 15.9 Å². The lowest BCUT2D eigenvalue weighted by Gasteiger charge is -2.30. The number of benzene rings is 1. The van der Waals surface area contributed by atoms with Gasteiger partial charge in [-0.3, -0.25) is 0 Å². The molecule has 1 aliphatic rings. The molecule has 2 nitrogen and oxygen atoms in total. The van der Waals surface area contributed by atoms with E-state index < -0.39 is 0 Å². The number of hydrogen-bond acceptors (Lipinski definition) is 2. The Kier molecular flexibility index (Phi) is 6.00. The summed E-state index contributed by atoms with van der Waals surface area (Å²) in [6, 6.07) is 5.39. The first-order valence-corrected chi connectivity index (χ1v) is 8.08. The van der Waals surface area contributed by atoms with E-state index in [4.69, 9.17) is 4.74 Å². The van der Waals surface area contributed by atoms with E-state index in [2.05, 4.69) is 21.2 Å². The van der Waals surface area contributed by atoms with Crippen molar-refractivity contribution in [2.45, 2.75) is 32.1 Å². The Hall–Kier alpha value is -0.450. The van der Waals surface area contributed by atoms with Crippen molar-refractivity contribution in [2.24, 2.45) is 5.41 Å². The molecular formula is C16H23BrFNO. The molecule has 1 N–H and O–H groups in total. The molecule has 1 aliphatic carbocycles. The van der Waals surface area contributed by atoms with Gasteiger partial charge in [-0.15, -0.1) is 0 Å². The van der Waals surface area contributed by atoms with Crippen LogP contribution in [0.25, 0.3) is 0 Å². The van der Waals surface area contributed by atoms with Crippen LogP contribution in [-0.4, -0.2) is 26.8 Å². The van der Waals surface area contributed by atoms with Crippen LogP contribution in [0.15, 0.2) is 22.7 Å². The van der Waals surface area contributed by atoms with E-state index in [0.29, 0.717) is 9.89 Å². The summed E-state index contributed by atoms with van der Waals surface area (Å²) in [5.74, 6) is -0.188. The first-order valence-electron chi connectivity index (χ1n) is 7.29. The minimum Gasteiger partial charge on any atom is -0.383 e. The summed E-state index contributed by atoms with van der Waals surface area (Å²) < 4.78 is 19.0. The molecule has 0 atom stereocenters. The van der Waals surface area contributed by atoms with Crippen molar-refractivity contribution in [2.75, 3.05) is 26.8 Å². The molecule has 0 saturated heterocycles. The van der Waals surface area contributed by atoms with E-state index >= 15 is 0 Å². The number of methoxy groups -OCH3 is 1. The summed E-state index contributed by atoms with van der Waals surface area (Å²) in [4.78, 5) is 0. The molecule has 1 aromatic rings. The molecule has 2 rings (SSSR count). The first-order chi connectivity index (χ1) is 9.65. The van der Waals surface area contributed by atoms with E-state index in [0.717, 1.165) is 26.1 Å². The monoisotopic (exact) mass is 343 g/mol. The summed E-state index contributed by atoms with van der Waals surface area (Å²) >= 11 is 3.28. The quantitative estimate of drug-likeness (QED) is 0.757. The Bertz CT molecular complexity index is 432. The second-order valence-corrected chi connectivity index (χ2v) is 6.66. The highest BCUT2D eigenvalue weighted by atomic mass is 79.9. The van der Waals surface area contributed by atoms with Gasteiger partial charge in [-0.1, -0.05) is 18.9 Å². The maximum absolute atomic E-state index is 13.3. The maximum Gasteiger partial charge on any atom is 0.137 e. The Morgan fingerprint density at radius 1 is 1.35 bits per heavy atom. The molecule has 1 aromatic carbocycles. The number of halogens is 2. The van der Waals surface area contributed by atoms with Crippen molar-refractivity contribution in [1.82, 2.24) is 5.32 Å². The van der Waals surface area contributed by atoms with E-state index in [1.54, 1.807) is 13.2 Å². The van der Waals surface area contributed by atoms with Gasteiger partial charge >= 0.3 is 0 Å². The molecular weight excluding hydrogens is 321 g/mol. The molecule has 1 saturated carbocycles. The molecule has 0 bridgehead atoms. The minimum absolute atomic E-state index is 0.188. The second-order valence-electron chi connectivity index (χ2n) is 5.80. The SMILES string of the molecule is COCCNCC1(Cc2ccc(F)c(Br)c2)CCCC1. The van der Waals surface area contributed by atoms with Crippen LogP contribution in [-0.2, 0) is 11.2 Å². The predicted octanol–water partition coefficient (Wildman–Crippen LogP) is 3.93. The first kappa shape index (κ1) is 15.9. The lowest BCUT2D eigenvalue weighted by atomic mass is 9.80. The zero-order chi connectivity index (χ0) is 14.4. The molecule has 0 aromatic heterocycles. The second kappa shape index (κ2) is 7.53. The third-order valence-electron chi connectivity index (χ3n) is 4.21. The maximum atomic E-state index is 13.3. The Balaban J connectivity index is 1.99. The molecule has 0 radical (unpaired) electrons. The normalized spacial score (nSPS) is 17.6. The largest absolute Gasteiger partial charge is 0.383 e. The zero-order valence-corrected chi connectivity index (χ0v) is 13.6. The van der Waals surface area contributed by atoms with Crippen LogP contribution >= 0.6 is 15.9 Å². The molecule has 0 heterocycles. The molecule has 0 aliphatic heterocycles. The molecule has 4 heteroatoms. The van der Waals surface area contributed by atoms with Crippen molar-refractivity contribution in [3.8, 4) is 0 Å². The van der Waals surface area contributed by atoms with E-state index in [1.165, 1.54) is 31.2 Å². The molecule has 0 amide bonds. The van der Waals surface area contributed by atoms with Gasteiger partial charge in [0.1, 0.15) is 5.82 Å². The lowest BCUT2D eigenvalue weighted by molar-refractivity contribution is 0.190. The summed E-state index contributed by atoms with van der Waals surface area (Å²) in [5.41, 5.74) is 1.54. The van der Waals surface area contributed by atoms with Gasteiger partial charge in [0, 0.05) is 20.2 Å². The fourth-order valence-corrected chi connectivity index (χ4v) is 3.58. The van der Waals surface area contributed by atoms with E-state index in [9.17, 15) is 4.39 Å². The zero-order valence-electron chi connectivity index (χ0n) is 12.1. The van der Waals surface area contributed by atoms with Crippen LogP contribution in [0.5, 0.6) is 0 Å². The highest BCUT2D eigenvalue weighted by Crippen LogP contribution is 2.40. The van der Waals surface area contributed by atoms with Crippen molar-refractivity contribution in [3.63, 3.8) is 0 Å². The number of nitrogens with one attached hydrogen (secondary N) is 1. The van der Waals surface area contributed by atoms with Crippen LogP contribution in [0, 0.1) is 11.2 Å². The van der Waals surface area contributed by atoms with E-state index in [1.807, 2.05) is 12.1 Å². The van der Waals surface area contributed by atoms with Gasteiger partial charge in [0.05, 0.1) is 11.1 Å². The summed E-state index contributed by atoms with van der Waals surface area (Å²) in [5, 5.41) is 3.50. The van der Waals surface area contributed by atoms with Crippen molar-refractivity contribution in [3.05, 3.63) is 34.1 Å². The van der Waals surface area contributed by atoms with E-state index in [-0.39, 0.29) is 5.82 Å². The molecule has 20 heavy (non-hydrogen) atoms. The third-order valence-corrected chi connectivity index (χ3v) is 4.82. The highest BCUT2D eigenvalue weighted by molar-refractivity contribution is 9.10. The Morgan fingerprint density at radius 2 is 2.10 bits per heavy atom. The molecule has 1 fully saturated rings. The highest BCUT2D eigenvalue weighted by Gasteiger charge is 2.33. The van der Waals surface area contributed by atoms with Crippen LogP contribution in [0.3, 0.4) is 0 Å². The minimum atomic E-state index is -0.188. The van der Waals surface area contributed by atoms with Gasteiger partial charge in [-0.2, -0.15) is 0 Å². The lowest BCUT2D eigenvalue weighted by Crippen LogP contribution is -2.35. The average molecular weight is 344 g/mol. The number of ether oxygens (including phenoxy) is 1. The van der Waals surface area contributed by atoms with Gasteiger partial charge in [0.2, 0.25) is 0 Å². The van der Waals surface area contributed by atoms with Gasteiger partial charge in [-0.05, 0) is 58.3 Å². The van der Waals surface area contributed by atoms with Crippen molar-refractivity contribution in [1.29, 1.82) is 0 Å². The molecule has 0 spiro atoms. The van der Waals surface area contributed by atoms with Gasteiger partial charge < -0.3 is 10.1 Å². The summed E-state index contributed by atoms with van der Waals surface area (Å²) in [6.45, 7) is 2.66. The smallest absolute Gasteiger partial charge is 0.137 e. The summed E-state index contributed by atoms with van der Waals surface area (Å²) in [7, 11) is 1.73. The Morgan fingerprint density at radius 3 is 2.75 bits per heavy atom. The summed E-state index contributed by atoms with van der Waals surface area (Å²) in [6.07, 6.45) is 6.12. The topological polar surface area (TPSA) is 21.3 Å². The van der Waals surface area contributed by atoms with Crippen molar-refractivity contribution < 1.29 is 9.13 Å². The van der Waals surface area contributed by atoms with Crippen LogP contribution in [0.4, 0.5) is 4.39 Å². The van der Waals surface area contributed by atoms with Gasteiger partial charge in [0.15, 0.2) is 0 Å². The van der Waals surface area contributed by atoms with Gasteiger partial charge in [0.25, 0.3) is 0 Å². The third kappa shape index (κ3) is 4.27.